The first kappa shape index (κ1) is 6.93. The summed E-state index contributed by atoms with van der Waals surface area (Å²) in [6, 6.07) is 1.70. The Morgan fingerprint density at radius 3 is 2.50 bits per heavy atom. The largest absolute Gasteiger partial charge is 0.384 e. The normalized spacial score (nSPS) is 11.5. The van der Waals surface area contributed by atoms with Gasteiger partial charge in [0.2, 0.25) is 0 Å². The molecule has 42 valence electrons. The van der Waals surface area contributed by atoms with Crippen LogP contribution in [-0.2, 0) is 0 Å². The zero-order valence-electron chi connectivity index (χ0n) is 4.46. The van der Waals surface area contributed by atoms with Gasteiger partial charge in [0.1, 0.15) is 6.10 Å². The van der Waals surface area contributed by atoms with Crippen molar-refractivity contribution in [1.29, 1.82) is 5.26 Å². The molecule has 0 radical (unpaired) electrons. The Morgan fingerprint density at radius 1 is 1.88 bits per heavy atom. The van der Waals surface area contributed by atoms with Crippen molar-refractivity contribution in [3.63, 3.8) is 0 Å². The molecule has 0 aliphatic rings. The molecule has 0 amide bonds. The van der Waals surface area contributed by atoms with Crippen LogP contribution < -0.4 is 0 Å². The number of nitrogens with zero attached hydrogens (tertiary/aromatic N) is 1. The van der Waals surface area contributed by atoms with Gasteiger partial charge in [-0.2, -0.15) is 5.26 Å². The van der Waals surface area contributed by atoms with Crippen LogP contribution in [-0.4, -0.2) is 11.2 Å². The first-order chi connectivity index (χ1) is 3.72. The molecule has 0 aromatic rings. The monoisotopic (exact) mass is 109 g/mol. The van der Waals surface area contributed by atoms with Gasteiger partial charge in [-0.15, -0.1) is 6.58 Å². The molecule has 0 aliphatic heterocycles. The Balaban J connectivity index is 3.86. The molecule has 1 N–H and O–H groups in total. The van der Waals surface area contributed by atoms with E-state index >= 15 is 0 Å². The van der Waals surface area contributed by atoms with Crippen molar-refractivity contribution < 1.29 is 5.11 Å². The Hall–Kier alpha value is -1.07. The highest BCUT2D eigenvalue weighted by Crippen LogP contribution is 1.95. The van der Waals surface area contributed by atoms with E-state index in [9.17, 15) is 0 Å². The van der Waals surface area contributed by atoms with Crippen molar-refractivity contribution in [1.82, 2.24) is 0 Å². The van der Waals surface area contributed by atoms with Gasteiger partial charge in [-0.1, -0.05) is 12.7 Å². The van der Waals surface area contributed by atoms with E-state index in [1.54, 1.807) is 6.07 Å². The second-order valence-corrected chi connectivity index (χ2v) is 1.32. The molecule has 8 heavy (non-hydrogen) atoms. The van der Waals surface area contributed by atoms with Gasteiger partial charge in [0.25, 0.3) is 0 Å². The van der Waals surface area contributed by atoms with Gasteiger partial charge in [-0.05, 0) is 0 Å². The average Bonchev–Trinajstić information content (AvgIpc) is 1.84. The van der Waals surface area contributed by atoms with Crippen LogP contribution in [0.1, 0.15) is 0 Å². The Morgan fingerprint density at radius 2 is 2.38 bits per heavy atom. The molecule has 0 heterocycles. The quantitative estimate of drug-likeness (QED) is 0.417. The summed E-state index contributed by atoms with van der Waals surface area (Å²) in [5.74, 6) is 0. The van der Waals surface area contributed by atoms with E-state index in [0.717, 1.165) is 0 Å². The molecular weight excluding hydrogens is 102 g/mol. The summed E-state index contributed by atoms with van der Waals surface area (Å²) in [6.45, 7) is 6.53. The first-order valence-electron chi connectivity index (χ1n) is 2.12. The maximum atomic E-state index is 8.69. The summed E-state index contributed by atoms with van der Waals surface area (Å²) in [5, 5.41) is 16.8. The molecule has 0 aromatic carbocycles. The van der Waals surface area contributed by atoms with E-state index in [0.29, 0.717) is 0 Å². The van der Waals surface area contributed by atoms with E-state index < -0.39 is 6.10 Å². The summed E-state index contributed by atoms with van der Waals surface area (Å²) >= 11 is 0. The minimum Gasteiger partial charge on any atom is -0.384 e. The number of rotatable bonds is 2. The van der Waals surface area contributed by atoms with Crippen LogP contribution in [0.2, 0.25) is 0 Å². The lowest BCUT2D eigenvalue weighted by molar-refractivity contribution is 0.265. The Kier molecular flexibility index (Phi) is 2.60. The molecule has 0 aromatic heterocycles. The predicted octanol–water partition coefficient (Wildman–Crippen LogP) is 0.613. The lowest BCUT2D eigenvalue weighted by Crippen LogP contribution is -2.01. The molecule has 1 atom stereocenters. The van der Waals surface area contributed by atoms with Crippen LogP contribution in [0.4, 0.5) is 0 Å². The van der Waals surface area contributed by atoms with Crippen LogP contribution in [0, 0.1) is 11.3 Å². The number of aliphatic hydroxyl groups is 1. The SMILES string of the molecule is C=CC(O)C(=C)C#N. The molecule has 2 nitrogen and oxygen atoms in total. The molecule has 0 rings (SSSR count). The first-order valence-corrected chi connectivity index (χ1v) is 2.12. The highest BCUT2D eigenvalue weighted by atomic mass is 16.3. The minimum atomic E-state index is -0.875. The Labute approximate surface area is 48.4 Å². The average molecular weight is 109 g/mol. The maximum Gasteiger partial charge on any atom is 0.106 e. The van der Waals surface area contributed by atoms with E-state index in [1.807, 2.05) is 0 Å². The molecule has 1 unspecified atom stereocenters. The molecule has 0 spiro atoms. The van der Waals surface area contributed by atoms with Crippen molar-refractivity contribution in [2.24, 2.45) is 0 Å². The third-order valence-corrected chi connectivity index (χ3v) is 0.724. The standard InChI is InChI=1S/C6H7NO/c1-3-6(8)5(2)4-7/h3,6,8H,1-2H2. The van der Waals surface area contributed by atoms with Gasteiger partial charge < -0.3 is 5.11 Å². The molecule has 2 heteroatoms. The van der Waals surface area contributed by atoms with E-state index in [2.05, 4.69) is 13.2 Å². The fourth-order valence-corrected chi connectivity index (χ4v) is 0.208. The fourth-order valence-electron chi connectivity index (χ4n) is 0.208. The number of aliphatic hydroxyl groups excluding tert-OH is 1. The van der Waals surface area contributed by atoms with Crippen molar-refractivity contribution in [2.45, 2.75) is 6.10 Å². The summed E-state index contributed by atoms with van der Waals surface area (Å²) < 4.78 is 0. The van der Waals surface area contributed by atoms with Crippen LogP contribution >= 0.6 is 0 Å². The number of hydrogen-bond acceptors (Lipinski definition) is 2. The Bertz CT molecular complexity index is 143. The third-order valence-electron chi connectivity index (χ3n) is 0.724. The lowest BCUT2D eigenvalue weighted by Gasteiger charge is -1.96. The van der Waals surface area contributed by atoms with Crippen molar-refractivity contribution in [3.05, 3.63) is 24.8 Å². The summed E-state index contributed by atoms with van der Waals surface area (Å²) in [7, 11) is 0. The van der Waals surface area contributed by atoms with Gasteiger partial charge in [-0.3, -0.25) is 0 Å². The zero-order valence-corrected chi connectivity index (χ0v) is 4.46. The van der Waals surface area contributed by atoms with E-state index in [1.165, 1.54) is 6.08 Å². The molecular formula is C6H7NO. The van der Waals surface area contributed by atoms with Gasteiger partial charge in [0, 0.05) is 0 Å². The number of nitriles is 1. The van der Waals surface area contributed by atoms with Crippen LogP contribution in [0.5, 0.6) is 0 Å². The van der Waals surface area contributed by atoms with Gasteiger partial charge in [0.15, 0.2) is 0 Å². The predicted molar refractivity (Wildman–Crippen MR) is 31.0 cm³/mol. The van der Waals surface area contributed by atoms with Crippen molar-refractivity contribution >= 4 is 0 Å². The maximum absolute atomic E-state index is 8.69. The van der Waals surface area contributed by atoms with E-state index in [4.69, 9.17) is 10.4 Å². The second kappa shape index (κ2) is 3.00. The van der Waals surface area contributed by atoms with Gasteiger partial charge >= 0.3 is 0 Å². The number of hydrogen-bond donors (Lipinski definition) is 1. The van der Waals surface area contributed by atoms with Crippen LogP contribution in [0.3, 0.4) is 0 Å². The summed E-state index contributed by atoms with van der Waals surface area (Å²) in [6.07, 6.45) is 0.381. The molecule has 0 saturated heterocycles. The highest BCUT2D eigenvalue weighted by molar-refractivity contribution is 5.24. The van der Waals surface area contributed by atoms with Crippen molar-refractivity contribution in [3.8, 4) is 6.07 Å². The topological polar surface area (TPSA) is 44.0 Å². The molecule has 0 aliphatic carbocycles. The zero-order chi connectivity index (χ0) is 6.57. The highest BCUT2D eigenvalue weighted by Gasteiger charge is 1.99. The lowest BCUT2D eigenvalue weighted by atomic mass is 10.2. The smallest absolute Gasteiger partial charge is 0.106 e. The third kappa shape index (κ3) is 1.59. The molecule has 0 saturated carbocycles. The van der Waals surface area contributed by atoms with Gasteiger partial charge in [-0.25, -0.2) is 0 Å². The minimum absolute atomic E-state index is 0.125. The molecule has 0 fully saturated rings. The molecule has 0 bridgehead atoms. The summed E-state index contributed by atoms with van der Waals surface area (Å²) in [5.41, 5.74) is 0.125. The second-order valence-electron chi connectivity index (χ2n) is 1.32. The fraction of sp³-hybridized carbons (Fsp3) is 0.167. The van der Waals surface area contributed by atoms with E-state index in [-0.39, 0.29) is 5.57 Å². The van der Waals surface area contributed by atoms with Gasteiger partial charge in [0.05, 0.1) is 11.6 Å². The van der Waals surface area contributed by atoms with Crippen molar-refractivity contribution in [2.75, 3.05) is 0 Å². The van der Waals surface area contributed by atoms with Crippen LogP contribution in [0.25, 0.3) is 0 Å². The summed E-state index contributed by atoms with van der Waals surface area (Å²) in [4.78, 5) is 0. The van der Waals surface area contributed by atoms with Crippen LogP contribution in [0.15, 0.2) is 24.8 Å².